The van der Waals surface area contributed by atoms with Crippen molar-refractivity contribution in [3.8, 4) is 5.75 Å². The molecule has 0 spiro atoms. The van der Waals surface area contributed by atoms with Gasteiger partial charge in [0.2, 0.25) is 0 Å². The van der Waals surface area contributed by atoms with Crippen LogP contribution < -0.4 is 4.74 Å². The molecular formula is C15H21ClN2O3. The van der Waals surface area contributed by atoms with Gasteiger partial charge in [-0.15, -0.1) is 11.6 Å². The highest BCUT2D eigenvalue weighted by molar-refractivity contribution is 6.17. The minimum absolute atomic E-state index is 0.547. The van der Waals surface area contributed by atoms with Gasteiger partial charge in [-0.25, -0.2) is 4.98 Å². The summed E-state index contributed by atoms with van der Waals surface area (Å²) in [6.07, 6.45) is 0.733. The van der Waals surface area contributed by atoms with E-state index in [1.165, 1.54) is 0 Å². The molecule has 0 aliphatic heterocycles. The number of hydrogen-bond donors (Lipinski definition) is 0. The van der Waals surface area contributed by atoms with Crippen molar-refractivity contribution in [3.63, 3.8) is 0 Å². The fourth-order valence-corrected chi connectivity index (χ4v) is 2.37. The Kier molecular flexibility index (Phi) is 6.29. The summed E-state index contributed by atoms with van der Waals surface area (Å²) in [5, 5.41) is 0. The third-order valence-corrected chi connectivity index (χ3v) is 3.43. The highest BCUT2D eigenvalue weighted by Crippen LogP contribution is 2.22. The topological polar surface area (TPSA) is 45.5 Å². The standard InChI is InChI=1S/C15H21ClN2O3/c1-19-9-10-21-8-7-18-14-11-12(20-2)3-4-13(14)17-15(18)5-6-16/h3-4,11H,5-10H2,1-2H3. The van der Waals surface area contributed by atoms with Crippen LogP contribution in [0, 0.1) is 0 Å². The van der Waals surface area contributed by atoms with Gasteiger partial charge in [0.1, 0.15) is 11.6 Å². The van der Waals surface area contributed by atoms with Crippen molar-refractivity contribution in [2.24, 2.45) is 0 Å². The third kappa shape index (κ3) is 4.09. The van der Waals surface area contributed by atoms with Crippen LogP contribution in [0.15, 0.2) is 18.2 Å². The summed E-state index contributed by atoms with van der Waals surface area (Å²) in [4.78, 5) is 4.64. The smallest absolute Gasteiger partial charge is 0.121 e. The van der Waals surface area contributed by atoms with Crippen LogP contribution in [0.5, 0.6) is 5.75 Å². The lowest BCUT2D eigenvalue weighted by Crippen LogP contribution is -2.12. The van der Waals surface area contributed by atoms with Crippen molar-refractivity contribution in [2.45, 2.75) is 13.0 Å². The molecule has 1 aromatic carbocycles. The predicted octanol–water partition coefficient (Wildman–Crippen LogP) is 2.49. The fourth-order valence-electron chi connectivity index (χ4n) is 2.20. The van der Waals surface area contributed by atoms with Crippen molar-refractivity contribution >= 4 is 22.6 Å². The molecule has 0 radical (unpaired) electrons. The van der Waals surface area contributed by atoms with Crippen molar-refractivity contribution in [1.29, 1.82) is 0 Å². The molecule has 0 aliphatic carbocycles. The number of aromatic nitrogens is 2. The van der Waals surface area contributed by atoms with Gasteiger partial charge in [0.05, 0.1) is 38.0 Å². The van der Waals surface area contributed by atoms with Crippen LogP contribution in [0.3, 0.4) is 0 Å². The Morgan fingerprint density at radius 2 is 2.05 bits per heavy atom. The molecule has 116 valence electrons. The van der Waals surface area contributed by atoms with E-state index < -0.39 is 0 Å². The number of rotatable bonds is 9. The van der Waals surface area contributed by atoms with Crippen molar-refractivity contribution in [2.75, 3.05) is 39.9 Å². The van der Waals surface area contributed by atoms with Crippen LogP contribution in [0.1, 0.15) is 5.82 Å². The van der Waals surface area contributed by atoms with Crippen LogP contribution in [0.2, 0.25) is 0 Å². The van der Waals surface area contributed by atoms with Gasteiger partial charge in [-0.2, -0.15) is 0 Å². The second-order valence-corrected chi connectivity index (χ2v) is 4.96. The maximum Gasteiger partial charge on any atom is 0.121 e. The number of ether oxygens (including phenoxy) is 3. The number of benzene rings is 1. The Balaban J connectivity index is 2.18. The van der Waals surface area contributed by atoms with Gasteiger partial charge in [0, 0.05) is 32.0 Å². The summed E-state index contributed by atoms with van der Waals surface area (Å²) in [7, 11) is 3.33. The minimum atomic E-state index is 0.547. The molecule has 0 aliphatic rings. The highest BCUT2D eigenvalue weighted by atomic mass is 35.5. The van der Waals surface area contributed by atoms with Gasteiger partial charge in [-0.1, -0.05) is 0 Å². The molecule has 6 heteroatoms. The first-order valence-electron chi connectivity index (χ1n) is 6.96. The second kappa shape index (κ2) is 8.22. The SMILES string of the molecule is COCCOCCn1c(CCCl)nc2ccc(OC)cc21. The van der Waals surface area contributed by atoms with E-state index in [4.69, 9.17) is 25.8 Å². The lowest BCUT2D eigenvalue weighted by molar-refractivity contribution is 0.0667. The number of alkyl halides is 1. The molecule has 2 rings (SSSR count). The molecule has 0 saturated heterocycles. The molecule has 0 bridgehead atoms. The van der Waals surface area contributed by atoms with E-state index in [2.05, 4.69) is 9.55 Å². The monoisotopic (exact) mass is 312 g/mol. The number of imidazole rings is 1. The van der Waals surface area contributed by atoms with Crippen LogP contribution in [-0.4, -0.2) is 49.5 Å². The largest absolute Gasteiger partial charge is 0.497 e. The zero-order valence-corrected chi connectivity index (χ0v) is 13.2. The maximum atomic E-state index is 5.87. The Bertz CT molecular complexity index is 571. The Hall–Kier alpha value is -1.30. The molecule has 2 aromatic rings. The molecular weight excluding hydrogens is 292 g/mol. The molecule has 0 N–H and O–H groups in total. The predicted molar refractivity (Wildman–Crippen MR) is 83.4 cm³/mol. The number of fused-ring (bicyclic) bond motifs is 1. The van der Waals surface area contributed by atoms with Gasteiger partial charge in [-0.3, -0.25) is 0 Å². The maximum absolute atomic E-state index is 5.87. The average molecular weight is 313 g/mol. The number of aryl methyl sites for hydroxylation is 1. The molecule has 0 atom stereocenters. The molecule has 0 saturated carbocycles. The molecule has 0 amide bonds. The average Bonchev–Trinajstić information content (AvgIpc) is 2.84. The summed E-state index contributed by atoms with van der Waals surface area (Å²) in [6, 6.07) is 5.88. The number of methoxy groups -OCH3 is 2. The van der Waals surface area contributed by atoms with Gasteiger partial charge in [0.15, 0.2) is 0 Å². The van der Waals surface area contributed by atoms with Crippen LogP contribution in [0.25, 0.3) is 11.0 Å². The van der Waals surface area contributed by atoms with Crippen LogP contribution in [0.4, 0.5) is 0 Å². The summed E-state index contributed by atoms with van der Waals surface area (Å²) < 4.78 is 17.9. The van der Waals surface area contributed by atoms with E-state index >= 15 is 0 Å². The summed E-state index contributed by atoms with van der Waals surface area (Å²) >= 11 is 5.87. The Morgan fingerprint density at radius 3 is 2.76 bits per heavy atom. The first-order chi connectivity index (χ1) is 10.3. The number of hydrogen-bond acceptors (Lipinski definition) is 4. The second-order valence-electron chi connectivity index (χ2n) is 4.58. The zero-order chi connectivity index (χ0) is 15.1. The lowest BCUT2D eigenvalue weighted by atomic mass is 10.3. The van der Waals surface area contributed by atoms with E-state index in [-0.39, 0.29) is 0 Å². The van der Waals surface area contributed by atoms with Gasteiger partial charge in [-0.05, 0) is 12.1 Å². The zero-order valence-electron chi connectivity index (χ0n) is 12.5. The van der Waals surface area contributed by atoms with Crippen molar-refractivity contribution < 1.29 is 14.2 Å². The Labute approximate surface area is 129 Å². The lowest BCUT2D eigenvalue weighted by Gasteiger charge is -2.09. The molecule has 0 fully saturated rings. The van der Waals surface area contributed by atoms with Crippen LogP contribution in [-0.2, 0) is 22.4 Å². The van der Waals surface area contributed by atoms with E-state index in [1.807, 2.05) is 18.2 Å². The molecule has 0 unspecified atom stereocenters. The summed E-state index contributed by atoms with van der Waals surface area (Å²) in [5.41, 5.74) is 2.00. The molecule has 5 nitrogen and oxygen atoms in total. The van der Waals surface area contributed by atoms with E-state index in [0.717, 1.165) is 35.6 Å². The highest BCUT2D eigenvalue weighted by Gasteiger charge is 2.11. The molecule has 1 aromatic heterocycles. The first-order valence-corrected chi connectivity index (χ1v) is 7.49. The first kappa shape index (κ1) is 16.1. The normalized spacial score (nSPS) is 11.2. The molecule has 21 heavy (non-hydrogen) atoms. The summed E-state index contributed by atoms with van der Waals surface area (Å²) in [5.74, 6) is 2.34. The van der Waals surface area contributed by atoms with Crippen LogP contribution >= 0.6 is 11.6 Å². The minimum Gasteiger partial charge on any atom is -0.497 e. The van der Waals surface area contributed by atoms with Crippen molar-refractivity contribution in [1.82, 2.24) is 9.55 Å². The third-order valence-electron chi connectivity index (χ3n) is 3.24. The summed E-state index contributed by atoms with van der Waals surface area (Å²) in [6.45, 7) is 2.55. The van der Waals surface area contributed by atoms with Gasteiger partial charge >= 0.3 is 0 Å². The Morgan fingerprint density at radius 1 is 1.19 bits per heavy atom. The number of nitrogens with zero attached hydrogens (tertiary/aromatic N) is 2. The fraction of sp³-hybridized carbons (Fsp3) is 0.533. The number of halogens is 1. The molecule has 1 heterocycles. The quantitative estimate of drug-likeness (QED) is 0.527. The van der Waals surface area contributed by atoms with Crippen molar-refractivity contribution in [3.05, 3.63) is 24.0 Å². The van der Waals surface area contributed by atoms with Gasteiger partial charge in [0.25, 0.3) is 0 Å². The van der Waals surface area contributed by atoms with Gasteiger partial charge < -0.3 is 18.8 Å². The van der Waals surface area contributed by atoms with E-state index in [0.29, 0.717) is 25.7 Å². The van der Waals surface area contributed by atoms with E-state index in [1.54, 1.807) is 14.2 Å². The van der Waals surface area contributed by atoms with E-state index in [9.17, 15) is 0 Å².